The summed E-state index contributed by atoms with van der Waals surface area (Å²) in [6.07, 6.45) is 0. The van der Waals surface area contributed by atoms with Crippen molar-refractivity contribution in [2.45, 2.75) is 0 Å². The lowest BCUT2D eigenvalue weighted by Gasteiger charge is -1.95. The third-order valence-electron chi connectivity index (χ3n) is 1.56. The zero-order chi connectivity index (χ0) is 10.7. The number of nitrogens with zero attached hydrogens (tertiary/aromatic N) is 1. The highest BCUT2D eigenvalue weighted by molar-refractivity contribution is 5.88. The van der Waals surface area contributed by atoms with Crippen LogP contribution in [-0.4, -0.2) is 23.1 Å². The van der Waals surface area contributed by atoms with Gasteiger partial charge in [0.1, 0.15) is 11.4 Å². The molecule has 0 heterocycles. The van der Waals surface area contributed by atoms with E-state index in [4.69, 9.17) is 5.11 Å². The van der Waals surface area contributed by atoms with E-state index in [1.807, 2.05) is 0 Å². The van der Waals surface area contributed by atoms with Crippen molar-refractivity contribution in [3.05, 3.63) is 34.5 Å². The molecule has 0 aliphatic rings. The highest BCUT2D eigenvalue weighted by Gasteiger charge is 2.20. The molecule has 0 atom stereocenters. The fraction of sp³-hybridized carbons (Fsp3) is 0.125. The first-order valence-electron chi connectivity index (χ1n) is 3.60. The summed E-state index contributed by atoms with van der Waals surface area (Å²) in [6, 6.07) is 2.91. The largest absolute Gasteiger partial charge is 0.478 e. The van der Waals surface area contributed by atoms with Crippen molar-refractivity contribution in [1.82, 2.24) is 0 Å². The predicted molar refractivity (Wildman–Crippen MR) is 43.7 cm³/mol. The van der Waals surface area contributed by atoms with E-state index in [0.29, 0.717) is 0 Å². The number of halogens is 1. The van der Waals surface area contributed by atoms with Crippen molar-refractivity contribution < 1.29 is 24.1 Å². The zero-order valence-corrected chi connectivity index (χ0v) is 7.23. The Kier molecular flexibility index (Phi) is 2.76. The molecular weight excluding hydrogens is 193 g/mol. The van der Waals surface area contributed by atoms with Crippen LogP contribution in [0, 0.1) is 10.7 Å². The average Bonchev–Trinajstić information content (AvgIpc) is 2.17. The van der Waals surface area contributed by atoms with E-state index in [1.165, 1.54) is 0 Å². The van der Waals surface area contributed by atoms with Crippen LogP contribution in [0.2, 0.25) is 0 Å². The first-order valence-corrected chi connectivity index (χ1v) is 3.60. The molecule has 0 unspecified atom stereocenters. The minimum atomic E-state index is -1.44. The van der Waals surface area contributed by atoms with E-state index in [-0.39, 0.29) is 10.6 Å². The van der Waals surface area contributed by atoms with Crippen molar-refractivity contribution in [2.75, 3.05) is 7.11 Å². The molecule has 5 nitrogen and oxygen atoms in total. The second-order valence-electron chi connectivity index (χ2n) is 2.41. The van der Waals surface area contributed by atoms with Gasteiger partial charge < -0.3 is 5.11 Å². The van der Waals surface area contributed by atoms with Gasteiger partial charge in [0, 0.05) is 12.1 Å². The third-order valence-corrected chi connectivity index (χ3v) is 1.56. The van der Waals surface area contributed by atoms with Gasteiger partial charge in [-0.2, -0.15) is 0 Å². The van der Waals surface area contributed by atoms with E-state index >= 15 is 0 Å². The van der Waals surface area contributed by atoms with Crippen LogP contribution in [0.4, 0.5) is 10.1 Å². The quantitative estimate of drug-likeness (QED) is 0.750. The third kappa shape index (κ3) is 1.85. The maximum Gasteiger partial charge on any atom is 0.338 e. The number of hydrogen-bond acceptors (Lipinski definition) is 3. The maximum atomic E-state index is 12.8. The second kappa shape index (κ2) is 3.82. The standard InChI is InChI=1S/C8H6FNO4/c1-14-10(13)5-2-3-7(9)6(4-5)8(11)12/h2-4H,1H3/p+1. The summed E-state index contributed by atoms with van der Waals surface area (Å²) in [5, 5.41) is 8.54. The molecule has 0 aliphatic heterocycles. The Balaban J connectivity index is 3.19. The average molecular weight is 200 g/mol. The van der Waals surface area contributed by atoms with Crippen molar-refractivity contribution in [1.29, 1.82) is 0 Å². The zero-order valence-electron chi connectivity index (χ0n) is 7.23. The van der Waals surface area contributed by atoms with Crippen LogP contribution in [0.15, 0.2) is 18.2 Å². The van der Waals surface area contributed by atoms with E-state index in [9.17, 15) is 14.1 Å². The molecule has 0 aromatic heterocycles. The first-order chi connectivity index (χ1) is 6.56. The lowest BCUT2D eigenvalue weighted by atomic mass is 10.2. The molecule has 0 radical (unpaired) electrons. The van der Waals surface area contributed by atoms with Gasteiger partial charge in [-0.25, -0.2) is 14.0 Å². The maximum absolute atomic E-state index is 12.8. The number of rotatable bonds is 3. The number of benzene rings is 1. The summed E-state index contributed by atoms with van der Waals surface area (Å²) < 4.78 is 12.8. The number of carboxylic acids is 1. The second-order valence-corrected chi connectivity index (χ2v) is 2.41. The minimum Gasteiger partial charge on any atom is -0.478 e. The molecule has 0 saturated carbocycles. The van der Waals surface area contributed by atoms with Crippen molar-refractivity contribution in [2.24, 2.45) is 0 Å². The number of carbonyl (C=O) groups is 1. The van der Waals surface area contributed by atoms with E-state index in [0.717, 1.165) is 25.3 Å². The summed E-state index contributed by atoms with van der Waals surface area (Å²) in [5.74, 6) is -2.33. The molecule has 74 valence electrons. The van der Waals surface area contributed by atoms with Crippen LogP contribution >= 0.6 is 0 Å². The molecule has 0 fully saturated rings. The molecule has 0 saturated heterocycles. The van der Waals surface area contributed by atoms with Crippen LogP contribution < -0.4 is 0 Å². The molecule has 1 aromatic carbocycles. The lowest BCUT2D eigenvalue weighted by molar-refractivity contribution is -0.736. The fourth-order valence-electron chi connectivity index (χ4n) is 0.896. The summed E-state index contributed by atoms with van der Waals surface area (Å²) in [4.78, 5) is 25.7. The Morgan fingerprint density at radius 3 is 2.71 bits per heavy atom. The van der Waals surface area contributed by atoms with Gasteiger partial charge in [0.25, 0.3) is 4.92 Å². The van der Waals surface area contributed by atoms with E-state index < -0.39 is 17.3 Å². The van der Waals surface area contributed by atoms with Gasteiger partial charge in [0.05, 0.1) is 4.91 Å². The van der Waals surface area contributed by atoms with Gasteiger partial charge in [-0.3, -0.25) is 0 Å². The highest BCUT2D eigenvalue weighted by Crippen LogP contribution is 2.17. The van der Waals surface area contributed by atoms with Crippen LogP contribution in [0.3, 0.4) is 0 Å². The molecule has 14 heavy (non-hydrogen) atoms. The minimum absolute atomic E-state index is 0.0775. The number of carboxylic acid groups (broad SMARTS) is 1. The molecular formula is C8H7FNO4+. The molecule has 6 heteroatoms. The van der Waals surface area contributed by atoms with Crippen LogP contribution in [0.25, 0.3) is 0 Å². The van der Waals surface area contributed by atoms with Gasteiger partial charge in [-0.05, 0) is 6.07 Å². The summed E-state index contributed by atoms with van der Waals surface area (Å²) >= 11 is 0. The number of hydrogen-bond donors (Lipinski definition) is 1. The summed E-state index contributed by atoms with van der Waals surface area (Å²) in [7, 11) is 1.12. The van der Waals surface area contributed by atoms with Gasteiger partial charge in [-0.15, -0.1) is 0 Å². The van der Waals surface area contributed by atoms with Gasteiger partial charge in [0.15, 0.2) is 7.11 Å². The monoisotopic (exact) mass is 200 g/mol. The van der Waals surface area contributed by atoms with Crippen molar-refractivity contribution in [3.8, 4) is 0 Å². The lowest BCUT2D eigenvalue weighted by Crippen LogP contribution is -2.04. The molecule has 0 aliphatic carbocycles. The SMILES string of the molecule is CO[N+](=O)c1ccc(F)c(C(=O)O)c1. The molecule has 0 bridgehead atoms. The molecule has 0 amide bonds. The molecule has 0 spiro atoms. The Hall–Kier alpha value is -1.98. The van der Waals surface area contributed by atoms with Crippen molar-refractivity contribution in [3.63, 3.8) is 0 Å². The normalized spacial score (nSPS) is 9.57. The van der Waals surface area contributed by atoms with Gasteiger partial charge >= 0.3 is 11.7 Å². The van der Waals surface area contributed by atoms with Crippen LogP contribution in [0.5, 0.6) is 0 Å². The van der Waals surface area contributed by atoms with Gasteiger partial charge in [-0.1, -0.05) is 0 Å². The molecule has 1 aromatic rings. The Bertz CT molecular complexity index is 391. The van der Waals surface area contributed by atoms with Gasteiger partial charge in [0.2, 0.25) is 0 Å². The summed E-state index contributed by atoms with van der Waals surface area (Å²) in [6.45, 7) is 0. The smallest absolute Gasteiger partial charge is 0.338 e. The fourth-order valence-corrected chi connectivity index (χ4v) is 0.896. The molecule has 1 N–H and O–H groups in total. The van der Waals surface area contributed by atoms with Crippen LogP contribution in [0.1, 0.15) is 10.4 Å². The highest BCUT2D eigenvalue weighted by atomic mass is 19.1. The van der Waals surface area contributed by atoms with E-state index in [2.05, 4.69) is 4.84 Å². The summed E-state index contributed by atoms with van der Waals surface area (Å²) in [5.41, 5.74) is -0.647. The predicted octanol–water partition coefficient (Wildman–Crippen LogP) is 1.50. The van der Waals surface area contributed by atoms with Crippen LogP contribution in [-0.2, 0) is 4.84 Å². The molecule has 1 rings (SSSR count). The Labute approximate surface area is 78.3 Å². The topological polar surface area (TPSA) is 66.6 Å². The van der Waals surface area contributed by atoms with Crippen molar-refractivity contribution >= 4 is 11.7 Å². The first kappa shape index (κ1) is 10.1. The number of aromatic carboxylic acids is 1. The van der Waals surface area contributed by atoms with E-state index in [1.54, 1.807) is 0 Å². The Morgan fingerprint density at radius 1 is 1.57 bits per heavy atom. The Morgan fingerprint density at radius 2 is 2.21 bits per heavy atom.